The molecule has 0 aliphatic carbocycles. The van der Waals surface area contributed by atoms with E-state index in [1.54, 1.807) is 25.4 Å². The van der Waals surface area contributed by atoms with E-state index in [0.29, 0.717) is 59.1 Å². The Hall–Kier alpha value is -5.15. The molecule has 10 nitrogen and oxygen atoms in total. The Kier molecular flexibility index (Phi) is 11.9. The van der Waals surface area contributed by atoms with Gasteiger partial charge in [0.05, 0.1) is 42.6 Å². The molecule has 4 aromatic carbocycles. The van der Waals surface area contributed by atoms with Crippen molar-refractivity contribution < 1.29 is 19.3 Å². The third-order valence-electron chi connectivity index (χ3n) is 8.83. The molecule has 0 saturated carbocycles. The number of aromatic nitrogens is 3. The van der Waals surface area contributed by atoms with Gasteiger partial charge in [0, 0.05) is 65.2 Å². The second-order valence-corrected chi connectivity index (χ2v) is 13.0. The van der Waals surface area contributed by atoms with Crippen molar-refractivity contribution in [1.82, 2.24) is 20.1 Å². The van der Waals surface area contributed by atoms with Gasteiger partial charge in [-0.05, 0) is 65.1 Å². The Balaban J connectivity index is 1.23. The Morgan fingerprint density at radius 3 is 2.44 bits per heavy atom. The lowest BCUT2D eigenvalue weighted by atomic mass is 9.94. The van der Waals surface area contributed by atoms with Crippen LogP contribution in [0.4, 0.5) is 0 Å². The van der Waals surface area contributed by atoms with Crippen molar-refractivity contribution >= 4 is 34.1 Å². The van der Waals surface area contributed by atoms with E-state index in [-0.39, 0.29) is 19.8 Å². The molecule has 0 aliphatic rings. The molecule has 2 aromatic heterocycles. The van der Waals surface area contributed by atoms with Crippen molar-refractivity contribution in [3.8, 4) is 34.4 Å². The fraction of sp³-hybridized carbons (Fsp3) is 0.225. The molecule has 0 aliphatic heterocycles. The van der Waals surface area contributed by atoms with Crippen LogP contribution in [0.25, 0.3) is 22.0 Å². The van der Waals surface area contributed by atoms with Crippen molar-refractivity contribution in [2.45, 2.75) is 39.8 Å². The van der Waals surface area contributed by atoms with Gasteiger partial charge in [-0.3, -0.25) is 9.67 Å². The number of halogens is 2. The average Bonchev–Trinajstić information content (AvgIpc) is 3.58. The molecule has 266 valence electrons. The highest BCUT2D eigenvalue weighted by Gasteiger charge is 2.17. The van der Waals surface area contributed by atoms with Crippen molar-refractivity contribution in [1.29, 1.82) is 5.26 Å². The van der Waals surface area contributed by atoms with E-state index in [2.05, 4.69) is 35.4 Å². The van der Waals surface area contributed by atoms with Crippen LogP contribution in [0.3, 0.4) is 0 Å². The van der Waals surface area contributed by atoms with Crippen LogP contribution >= 0.6 is 23.2 Å². The van der Waals surface area contributed by atoms with E-state index in [1.807, 2.05) is 53.3 Å². The molecular formula is C40H38Cl2N6O4. The first-order valence-corrected chi connectivity index (χ1v) is 17.4. The third kappa shape index (κ3) is 8.15. The maximum atomic E-state index is 9.23. The largest absolute Gasteiger partial charge is 0.496 e. The zero-order chi connectivity index (χ0) is 36.6. The van der Waals surface area contributed by atoms with Gasteiger partial charge in [0.1, 0.15) is 36.5 Å². The Labute approximate surface area is 312 Å². The van der Waals surface area contributed by atoms with Crippen molar-refractivity contribution in [3.63, 3.8) is 0 Å². The van der Waals surface area contributed by atoms with E-state index >= 15 is 0 Å². The summed E-state index contributed by atoms with van der Waals surface area (Å²) in [6, 6.07) is 23.5. The first-order chi connectivity index (χ1) is 25.3. The van der Waals surface area contributed by atoms with E-state index < -0.39 is 0 Å². The van der Waals surface area contributed by atoms with Gasteiger partial charge in [-0.2, -0.15) is 10.4 Å². The quantitative estimate of drug-likeness (QED) is 0.0924. The predicted octanol–water partition coefficient (Wildman–Crippen LogP) is 7.34. The first kappa shape index (κ1) is 36.6. The Morgan fingerprint density at radius 1 is 0.865 bits per heavy atom. The zero-order valence-electron chi connectivity index (χ0n) is 28.8. The van der Waals surface area contributed by atoms with Crippen LogP contribution < -0.4 is 25.3 Å². The number of nitrogens with zero attached hydrogens (tertiary/aromatic N) is 4. The summed E-state index contributed by atoms with van der Waals surface area (Å²) in [5, 5.41) is 28.3. The lowest BCUT2D eigenvalue weighted by molar-refractivity contribution is 0.291. The number of nitrogens with one attached hydrogen (secondary N) is 1. The van der Waals surface area contributed by atoms with E-state index in [0.717, 1.165) is 55.4 Å². The number of nitriles is 1. The number of aliphatic hydroxyl groups is 1. The highest BCUT2D eigenvalue weighted by Crippen LogP contribution is 2.36. The van der Waals surface area contributed by atoms with Gasteiger partial charge in [-0.25, -0.2) is 0 Å². The van der Waals surface area contributed by atoms with Crippen LogP contribution in [0.5, 0.6) is 17.2 Å². The normalized spacial score (nSPS) is 11.1. The molecule has 0 fully saturated rings. The number of aliphatic hydroxyl groups excluding tert-OH is 1. The molecule has 2 heterocycles. The number of rotatable bonds is 15. The van der Waals surface area contributed by atoms with Crippen molar-refractivity contribution in [3.05, 3.63) is 134 Å². The molecule has 0 saturated heterocycles. The van der Waals surface area contributed by atoms with Gasteiger partial charge in [-0.15, -0.1) is 0 Å². The summed E-state index contributed by atoms with van der Waals surface area (Å²) < 4.78 is 19.9. The summed E-state index contributed by atoms with van der Waals surface area (Å²) in [7, 11) is 1.61. The fourth-order valence-corrected chi connectivity index (χ4v) is 6.56. The topological polar surface area (TPSA) is 140 Å². The molecule has 12 heteroatoms. The monoisotopic (exact) mass is 736 g/mol. The average molecular weight is 738 g/mol. The number of ether oxygens (including phenoxy) is 3. The molecule has 0 unspecified atom stereocenters. The first-order valence-electron chi connectivity index (χ1n) is 16.7. The number of benzene rings is 4. The molecule has 4 N–H and O–H groups in total. The number of pyridine rings is 1. The molecule has 52 heavy (non-hydrogen) atoms. The molecule has 0 bridgehead atoms. The van der Waals surface area contributed by atoms with Gasteiger partial charge in [0.25, 0.3) is 0 Å². The zero-order valence-corrected chi connectivity index (χ0v) is 30.3. The molecule has 0 radical (unpaired) electrons. The number of hydrogen-bond acceptors (Lipinski definition) is 9. The van der Waals surface area contributed by atoms with Crippen LogP contribution in [0.1, 0.15) is 38.9 Å². The minimum atomic E-state index is 0.0454. The summed E-state index contributed by atoms with van der Waals surface area (Å²) in [6.45, 7) is 4.30. The molecule has 6 aromatic rings. The van der Waals surface area contributed by atoms with E-state index in [9.17, 15) is 5.26 Å². The van der Waals surface area contributed by atoms with Crippen LogP contribution in [-0.2, 0) is 32.8 Å². The van der Waals surface area contributed by atoms with Crippen LogP contribution in [0.2, 0.25) is 10.0 Å². The number of fused-ring (bicyclic) bond motifs is 1. The van der Waals surface area contributed by atoms with Crippen molar-refractivity contribution in [2.24, 2.45) is 5.73 Å². The molecule has 0 spiro atoms. The minimum Gasteiger partial charge on any atom is -0.496 e. The maximum Gasteiger partial charge on any atom is 0.142 e. The number of hydrogen-bond donors (Lipinski definition) is 3. The highest BCUT2D eigenvalue weighted by atomic mass is 35.5. The number of nitrogens with two attached hydrogens (primary N) is 1. The van der Waals surface area contributed by atoms with Crippen LogP contribution in [0.15, 0.2) is 85.3 Å². The summed E-state index contributed by atoms with van der Waals surface area (Å²) >= 11 is 13.4. The van der Waals surface area contributed by atoms with Crippen molar-refractivity contribution in [2.75, 3.05) is 20.3 Å². The Morgan fingerprint density at radius 2 is 1.65 bits per heavy atom. The number of methoxy groups -OCH3 is 1. The minimum absolute atomic E-state index is 0.0454. The van der Waals surface area contributed by atoms with Gasteiger partial charge in [0.2, 0.25) is 0 Å². The summed E-state index contributed by atoms with van der Waals surface area (Å²) in [5.74, 6) is 1.79. The summed E-state index contributed by atoms with van der Waals surface area (Å²) in [4.78, 5) is 4.12. The molecule has 0 amide bonds. The van der Waals surface area contributed by atoms with E-state index in [4.69, 9.17) is 53.4 Å². The summed E-state index contributed by atoms with van der Waals surface area (Å²) in [6.07, 6.45) is 5.06. The lowest BCUT2D eigenvalue weighted by Gasteiger charge is -2.16. The second-order valence-electron chi connectivity index (χ2n) is 12.2. The predicted molar refractivity (Wildman–Crippen MR) is 203 cm³/mol. The van der Waals surface area contributed by atoms with Gasteiger partial charge in [0.15, 0.2) is 0 Å². The molecule has 0 atom stereocenters. The lowest BCUT2D eigenvalue weighted by Crippen LogP contribution is -2.18. The summed E-state index contributed by atoms with van der Waals surface area (Å²) in [5.41, 5.74) is 14.9. The maximum absolute atomic E-state index is 9.23. The SMILES string of the molecule is COc1cc(OCc2cccc(-c3cccc4c3cnn4Cc3cc(OCc4cncc(C#N)c4)c(CN)cc3Cl)c2C)c(Cl)cc1CNCCO. The third-order valence-corrected chi connectivity index (χ3v) is 9.48. The Bertz CT molecular complexity index is 2250. The molecular weight excluding hydrogens is 699 g/mol. The highest BCUT2D eigenvalue weighted by molar-refractivity contribution is 6.32. The van der Waals surface area contributed by atoms with Gasteiger partial charge >= 0.3 is 0 Å². The van der Waals surface area contributed by atoms with Crippen LogP contribution in [0, 0.1) is 18.3 Å². The molecule has 6 rings (SSSR count). The smallest absolute Gasteiger partial charge is 0.142 e. The van der Waals surface area contributed by atoms with Crippen LogP contribution in [-0.4, -0.2) is 40.1 Å². The second kappa shape index (κ2) is 16.9. The van der Waals surface area contributed by atoms with E-state index in [1.165, 1.54) is 6.20 Å². The standard InChI is InChI=1S/C40H38Cl2N6O4/c1-25-28(24-52-40-15-38(50-2)30(13-36(40)42)20-45-9-10-49)5-3-6-32(25)33-7-4-8-37-34(33)21-47-48(37)22-31-14-39(29(17-44)12-35(31)41)51-23-27-11-26(16-43)18-46-19-27/h3-8,11-15,18-19,21,45,49H,9-10,17,20,22-24,44H2,1-2H3. The van der Waals surface area contributed by atoms with Gasteiger partial charge < -0.3 is 30.4 Å². The van der Waals surface area contributed by atoms with Gasteiger partial charge in [-0.1, -0.05) is 53.5 Å². The fourth-order valence-electron chi connectivity index (χ4n) is 6.07.